The van der Waals surface area contributed by atoms with Crippen molar-refractivity contribution in [1.82, 2.24) is 4.90 Å². The molecule has 1 amide bonds. The van der Waals surface area contributed by atoms with Crippen LogP contribution in [0.1, 0.15) is 11.1 Å². The molecule has 0 spiro atoms. The molecule has 6 heteroatoms. The minimum Gasteiger partial charge on any atom is -0.370 e. The number of rotatable bonds is 5. The van der Waals surface area contributed by atoms with Gasteiger partial charge in [-0.25, -0.2) is 8.78 Å². The van der Waals surface area contributed by atoms with E-state index in [1.807, 2.05) is 0 Å². The summed E-state index contributed by atoms with van der Waals surface area (Å²) < 4.78 is 31.5. The third-order valence-corrected chi connectivity index (χ3v) is 4.31. The molecule has 1 aliphatic heterocycles. The number of carbonyl (C=O) groups is 1. The zero-order valence-corrected chi connectivity index (χ0v) is 13.6. The molecule has 0 radical (unpaired) electrons. The third kappa shape index (κ3) is 4.10. The third-order valence-electron chi connectivity index (χ3n) is 3.96. The van der Waals surface area contributed by atoms with Gasteiger partial charge in [-0.2, -0.15) is 0 Å². The van der Waals surface area contributed by atoms with Crippen LogP contribution in [0, 0.1) is 11.6 Å². The van der Waals surface area contributed by atoms with Crippen molar-refractivity contribution in [2.24, 2.45) is 0 Å². The molecule has 0 saturated carbocycles. The van der Waals surface area contributed by atoms with Gasteiger partial charge in [-0.15, -0.1) is 0 Å². The lowest BCUT2D eigenvalue weighted by atomic mass is 10.1. The highest BCUT2D eigenvalue weighted by Crippen LogP contribution is 2.21. The number of benzene rings is 2. The van der Waals surface area contributed by atoms with Gasteiger partial charge in [0.05, 0.1) is 19.1 Å². The van der Waals surface area contributed by atoms with E-state index in [0.717, 1.165) is 5.56 Å². The van der Waals surface area contributed by atoms with Gasteiger partial charge in [-0.1, -0.05) is 29.8 Å². The summed E-state index contributed by atoms with van der Waals surface area (Å²) in [5, 5.41) is 0.332. The molecule has 126 valence electrons. The highest BCUT2D eigenvalue weighted by molar-refractivity contribution is 6.31. The first-order chi connectivity index (χ1) is 11.5. The topological polar surface area (TPSA) is 29.5 Å². The molecule has 2 aromatic carbocycles. The second kappa shape index (κ2) is 7.28. The molecular formula is C18H16ClF2NO2. The van der Waals surface area contributed by atoms with Gasteiger partial charge in [0.25, 0.3) is 0 Å². The number of carbonyl (C=O) groups excluding carboxylic acids is 1. The number of halogens is 3. The average Bonchev–Trinajstić information content (AvgIpc) is 2.50. The van der Waals surface area contributed by atoms with Crippen LogP contribution in [-0.2, 0) is 22.6 Å². The predicted molar refractivity (Wildman–Crippen MR) is 86.7 cm³/mol. The number of hydrogen-bond donors (Lipinski definition) is 0. The van der Waals surface area contributed by atoms with E-state index in [2.05, 4.69) is 0 Å². The standard InChI is InChI=1S/C18H16ClF2NO2/c19-17-8-15(21)6-3-13(17)11-24-16-9-22(10-16)18(23)7-12-1-4-14(20)5-2-12/h1-6,8,16H,7,9-11H2. The molecule has 0 aliphatic carbocycles. The quantitative estimate of drug-likeness (QED) is 0.824. The van der Waals surface area contributed by atoms with Crippen molar-refractivity contribution in [2.75, 3.05) is 13.1 Å². The van der Waals surface area contributed by atoms with Crippen LogP contribution in [0.3, 0.4) is 0 Å². The lowest BCUT2D eigenvalue weighted by Gasteiger charge is -2.39. The van der Waals surface area contributed by atoms with Gasteiger partial charge in [-0.3, -0.25) is 4.79 Å². The lowest BCUT2D eigenvalue weighted by molar-refractivity contribution is -0.145. The van der Waals surface area contributed by atoms with Crippen molar-refractivity contribution in [3.63, 3.8) is 0 Å². The van der Waals surface area contributed by atoms with E-state index >= 15 is 0 Å². The number of nitrogens with zero attached hydrogens (tertiary/aromatic N) is 1. The van der Waals surface area contributed by atoms with Crippen molar-refractivity contribution >= 4 is 17.5 Å². The smallest absolute Gasteiger partial charge is 0.227 e. The van der Waals surface area contributed by atoms with Crippen LogP contribution >= 0.6 is 11.6 Å². The highest BCUT2D eigenvalue weighted by Gasteiger charge is 2.31. The fraction of sp³-hybridized carbons (Fsp3) is 0.278. The molecule has 2 aromatic rings. The van der Waals surface area contributed by atoms with Crippen molar-refractivity contribution in [3.8, 4) is 0 Å². The Bertz CT molecular complexity index is 730. The SMILES string of the molecule is O=C(Cc1ccc(F)cc1)N1CC(OCc2ccc(F)cc2Cl)C1. The van der Waals surface area contributed by atoms with E-state index in [1.165, 1.54) is 24.3 Å². The Morgan fingerprint density at radius 2 is 1.79 bits per heavy atom. The van der Waals surface area contributed by atoms with Crippen LogP contribution < -0.4 is 0 Å². The maximum Gasteiger partial charge on any atom is 0.227 e. The van der Waals surface area contributed by atoms with Gasteiger partial charge in [0.1, 0.15) is 11.6 Å². The first kappa shape index (κ1) is 16.9. The molecule has 0 bridgehead atoms. The molecule has 3 rings (SSSR count). The van der Waals surface area contributed by atoms with E-state index in [4.69, 9.17) is 16.3 Å². The van der Waals surface area contributed by atoms with E-state index in [-0.39, 0.29) is 36.7 Å². The predicted octanol–water partition coefficient (Wildman–Crippen LogP) is 3.59. The van der Waals surface area contributed by atoms with E-state index in [0.29, 0.717) is 23.7 Å². The van der Waals surface area contributed by atoms with Crippen LogP contribution in [0.5, 0.6) is 0 Å². The van der Waals surface area contributed by atoms with Crippen molar-refractivity contribution in [3.05, 3.63) is 70.2 Å². The van der Waals surface area contributed by atoms with E-state index in [1.54, 1.807) is 23.1 Å². The lowest BCUT2D eigenvalue weighted by Crippen LogP contribution is -2.55. The number of amides is 1. The number of hydrogen-bond acceptors (Lipinski definition) is 2. The van der Waals surface area contributed by atoms with Crippen molar-refractivity contribution < 1.29 is 18.3 Å². The Balaban J connectivity index is 1.43. The first-order valence-corrected chi connectivity index (χ1v) is 7.97. The Labute approximate surface area is 143 Å². The summed E-state index contributed by atoms with van der Waals surface area (Å²) in [5.74, 6) is -0.714. The Hall–Kier alpha value is -1.98. The second-order valence-electron chi connectivity index (χ2n) is 5.77. The average molecular weight is 352 g/mol. The molecule has 1 heterocycles. The molecule has 0 unspecified atom stereocenters. The van der Waals surface area contributed by atoms with Gasteiger partial charge in [0.2, 0.25) is 5.91 Å². The number of likely N-dealkylation sites (tertiary alicyclic amines) is 1. The van der Waals surface area contributed by atoms with Crippen LogP contribution in [0.4, 0.5) is 8.78 Å². The molecule has 24 heavy (non-hydrogen) atoms. The summed E-state index contributed by atoms with van der Waals surface area (Å²) >= 11 is 5.94. The highest BCUT2D eigenvalue weighted by atomic mass is 35.5. The maximum atomic E-state index is 13.0. The monoisotopic (exact) mass is 351 g/mol. The minimum atomic E-state index is -0.384. The summed E-state index contributed by atoms with van der Waals surface area (Å²) in [5.41, 5.74) is 1.50. The molecule has 0 aromatic heterocycles. The normalized spacial score (nSPS) is 14.5. The van der Waals surface area contributed by atoms with Gasteiger partial charge in [0, 0.05) is 18.1 Å². The summed E-state index contributed by atoms with van der Waals surface area (Å²) in [7, 11) is 0. The summed E-state index contributed by atoms with van der Waals surface area (Å²) in [4.78, 5) is 13.8. The second-order valence-corrected chi connectivity index (χ2v) is 6.18. The van der Waals surface area contributed by atoms with Crippen LogP contribution in [0.15, 0.2) is 42.5 Å². The maximum absolute atomic E-state index is 13.0. The van der Waals surface area contributed by atoms with Crippen LogP contribution in [0.25, 0.3) is 0 Å². The molecule has 0 atom stereocenters. The number of ether oxygens (including phenoxy) is 1. The Morgan fingerprint density at radius 3 is 2.46 bits per heavy atom. The molecule has 1 saturated heterocycles. The van der Waals surface area contributed by atoms with Crippen molar-refractivity contribution in [2.45, 2.75) is 19.1 Å². The first-order valence-electron chi connectivity index (χ1n) is 7.59. The summed E-state index contributed by atoms with van der Waals surface area (Å²) in [6.07, 6.45) is 0.194. The zero-order chi connectivity index (χ0) is 17.1. The largest absolute Gasteiger partial charge is 0.370 e. The van der Waals surface area contributed by atoms with E-state index < -0.39 is 0 Å². The molecule has 3 nitrogen and oxygen atoms in total. The van der Waals surface area contributed by atoms with Gasteiger partial charge in [-0.05, 0) is 35.4 Å². The molecule has 0 N–H and O–H groups in total. The Kier molecular flexibility index (Phi) is 5.11. The van der Waals surface area contributed by atoms with E-state index in [9.17, 15) is 13.6 Å². The van der Waals surface area contributed by atoms with Gasteiger partial charge >= 0.3 is 0 Å². The minimum absolute atomic E-state index is 0.0127. The van der Waals surface area contributed by atoms with Crippen LogP contribution in [0.2, 0.25) is 5.02 Å². The molecule has 1 aliphatic rings. The molecular weight excluding hydrogens is 336 g/mol. The van der Waals surface area contributed by atoms with Crippen molar-refractivity contribution in [1.29, 1.82) is 0 Å². The fourth-order valence-electron chi connectivity index (χ4n) is 2.48. The Morgan fingerprint density at radius 1 is 1.12 bits per heavy atom. The summed E-state index contributed by atoms with van der Waals surface area (Å²) in [6, 6.07) is 10.1. The summed E-state index contributed by atoms with van der Waals surface area (Å²) in [6.45, 7) is 1.31. The van der Waals surface area contributed by atoms with Gasteiger partial charge in [0.15, 0.2) is 0 Å². The van der Waals surface area contributed by atoms with Crippen LogP contribution in [-0.4, -0.2) is 30.0 Å². The van der Waals surface area contributed by atoms with Gasteiger partial charge < -0.3 is 9.64 Å². The fourth-order valence-corrected chi connectivity index (χ4v) is 2.70. The zero-order valence-electron chi connectivity index (χ0n) is 12.8. The molecule has 1 fully saturated rings.